The van der Waals surface area contributed by atoms with Crippen molar-refractivity contribution in [2.75, 3.05) is 10.6 Å². The molecule has 0 aliphatic carbocycles. The average Bonchev–Trinajstić information content (AvgIpc) is 3.10. The van der Waals surface area contributed by atoms with Crippen molar-refractivity contribution in [1.82, 2.24) is 5.32 Å². The van der Waals surface area contributed by atoms with Crippen molar-refractivity contribution in [1.29, 1.82) is 0 Å². The Morgan fingerprint density at radius 2 is 1.42 bits per heavy atom. The molecule has 240 valence electrons. The number of carbonyl (C=O) groups is 3. The van der Waals surface area contributed by atoms with Gasteiger partial charge in [-0.2, -0.15) is 0 Å². The SMILES string of the molecule is Cc1ccc(NC(=O)C(Sc2ccc(NC(=O)/C(=C/c3ccccc3[N+](=O)[O-])NC(=O)c3ccccc3)cc2)c2ccccc2)cc1Cl. The summed E-state index contributed by atoms with van der Waals surface area (Å²) in [5.41, 5.74) is 2.73. The standard InChI is InChI=1S/C37H29ClN4O5S/c1-24-16-17-29(23-31(24)38)40-37(45)34(25-10-4-2-5-11-25)48-30-20-18-28(19-21-30)39-36(44)32(41-35(43)26-12-6-3-7-13-26)22-27-14-8-9-15-33(27)42(46)47/h2-23,34H,1H3,(H,39,44)(H,40,45)(H,41,43)/b32-22-. The molecule has 3 N–H and O–H groups in total. The van der Waals surface area contributed by atoms with Crippen LogP contribution in [0.3, 0.4) is 0 Å². The number of halogens is 1. The fourth-order valence-electron chi connectivity index (χ4n) is 4.60. The molecule has 1 atom stereocenters. The van der Waals surface area contributed by atoms with Crippen molar-refractivity contribution in [3.05, 3.63) is 170 Å². The predicted octanol–water partition coefficient (Wildman–Crippen LogP) is 8.44. The van der Waals surface area contributed by atoms with Crippen molar-refractivity contribution >= 4 is 64.2 Å². The minimum atomic E-state index is -0.684. The number of amides is 3. The molecule has 1 unspecified atom stereocenters. The number of hydrogen-bond acceptors (Lipinski definition) is 6. The van der Waals surface area contributed by atoms with Crippen molar-refractivity contribution in [2.24, 2.45) is 0 Å². The first kappa shape index (κ1) is 33.6. The first-order valence-corrected chi connectivity index (χ1v) is 16.0. The first-order chi connectivity index (χ1) is 23.2. The largest absolute Gasteiger partial charge is 0.325 e. The molecule has 0 spiro atoms. The van der Waals surface area contributed by atoms with Gasteiger partial charge in [-0.15, -0.1) is 11.8 Å². The molecule has 0 heterocycles. The number of para-hydroxylation sites is 1. The number of thioether (sulfide) groups is 1. The summed E-state index contributed by atoms with van der Waals surface area (Å²) in [6, 6.07) is 35.8. The summed E-state index contributed by atoms with van der Waals surface area (Å²) in [5, 5.41) is 19.9. The number of anilines is 2. The van der Waals surface area contributed by atoms with Gasteiger partial charge < -0.3 is 16.0 Å². The number of nitrogens with zero attached hydrogens (tertiary/aromatic N) is 1. The Labute approximate surface area is 286 Å². The van der Waals surface area contributed by atoms with Gasteiger partial charge >= 0.3 is 0 Å². The van der Waals surface area contributed by atoms with Crippen molar-refractivity contribution in [2.45, 2.75) is 17.1 Å². The Balaban J connectivity index is 1.36. The first-order valence-electron chi connectivity index (χ1n) is 14.7. The van der Waals surface area contributed by atoms with Gasteiger partial charge in [0.15, 0.2) is 0 Å². The van der Waals surface area contributed by atoms with E-state index in [1.165, 1.54) is 36.0 Å². The van der Waals surface area contributed by atoms with Crippen LogP contribution in [0.25, 0.3) is 6.08 Å². The van der Waals surface area contributed by atoms with Crippen LogP contribution in [0, 0.1) is 17.0 Å². The zero-order valence-electron chi connectivity index (χ0n) is 25.6. The highest BCUT2D eigenvalue weighted by molar-refractivity contribution is 8.00. The van der Waals surface area contributed by atoms with Crippen LogP contribution in [-0.4, -0.2) is 22.6 Å². The van der Waals surface area contributed by atoms with E-state index in [0.29, 0.717) is 22.0 Å². The Kier molecular flexibility index (Phi) is 11.0. The predicted molar refractivity (Wildman–Crippen MR) is 190 cm³/mol. The molecule has 0 aliphatic heterocycles. The van der Waals surface area contributed by atoms with Gasteiger partial charge in [0.25, 0.3) is 17.5 Å². The summed E-state index contributed by atoms with van der Waals surface area (Å²) in [6.45, 7) is 1.88. The molecule has 5 rings (SSSR count). The monoisotopic (exact) mass is 676 g/mol. The molecule has 0 fully saturated rings. The van der Waals surface area contributed by atoms with Gasteiger partial charge in [-0.3, -0.25) is 24.5 Å². The van der Waals surface area contributed by atoms with Gasteiger partial charge in [0, 0.05) is 32.9 Å². The van der Waals surface area contributed by atoms with Crippen LogP contribution in [0.15, 0.2) is 138 Å². The van der Waals surface area contributed by atoms with E-state index in [0.717, 1.165) is 16.0 Å². The van der Waals surface area contributed by atoms with Crippen LogP contribution in [0.1, 0.15) is 32.3 Å². The van der Waals surface area contributed by atoms with E-state index >= 15 is 0 Å². The van der Waals surface area contributed by atoms with Gasteiger partial charge in [0.2, 0.25) is 5.91 Å². The minimum absolute atomic E-state index is 0.144. The average molecular weight is 677 g/mol. The Bertz CT molecular complexity index is 1990. The summed E-state index contributed by atoms with van der Waals surface area (Å²) in [7, 11) is 0. The van der Waals surface area contributed by atoms with Gasteiger partial charge in [0.05, 0.1) is 10.5 Å². The molecule has 5 aromatic carbocycles. The summed E-state index contributed by atoms with van der Waals surface area (Å²) < 4.78 is 0. The summed E-state index contributed by atoms with van der Waals surface area (Å²) >= 11 is 7.60. The lowest BCUT2D eigenvalue weighted by Crippen LogP contribution is -2.30. The summed E-state index contributed by atoms with van der Waals surface area (Å²) in [6.07, 6.45) is 1.27. The van der Waals surface area contributed by atoms with E-state index < -0.39 is 22.0 Å². The van der Waals surface area contributed by atoms with Crippen LogP contribution in [0.2, 0.25) is 5.02 Å². The maximum absolute atomic E-state index is 13.5. The second-order valence-corrected chi connectivity index (χ2v) is 12.1. The molecule has 9 nitrogen and oxygen atoms in total. The van der Waals surface area contributed by atoms with Crippen molar-refractivity contribution in [3.8, 4) is 0 Å². The molecule has 48 heavy (non-hydrogen) atoms. The highest BCUT2D eigenvalue weighted by atomic mass is 35.5. The maximum atomic E-state index is 13.5. The minimum Gasteiger partial charge on any atom is -0.325 e. The topological polar surface area (TPSA) is 130 Å². The van der Waals surface area contributed by atoms with E-state index in [9.17, 15) is 24.5 Å². The third kappa shape index (κ3) is 8.75. The quantitative estimate of drug-likeness (QED) is 0.0557. The Morgan fingerprint density at radius 1 is 0.792 bits per heavy atom. The second-order valence-electron chi connectivity index (χ2n) is 10.5. The smallest absolute Gasteiger partial charge is 0.276 e. The zero-order chi connectivity index (χ0) is 34.0. The Hall–Kier alpha value is -5.71. The molecule has 0 saturated heterocycles. The van der Waals surface area contributed by atoms with Crippen LogP contribution in [0.5, 0.6) is 0 Å². The zero-order valence-corrected chi connectivity index (χ0v) is 27.1. The number of rotatable bonds is 11. The highest BCUT2D eigenvalue weighted by Gasteiger charge is 2.23. The van der Waals surface area contributed by atoms with E-state index in [4.69, 9.17) is 11.6 Å². The van der Waals surface area contributed by atoms with Crippen LogP contribution >= 0.6 is 23.4 Å². The highest BCUT2D eigenvalue weighted by Crippen LogP contribution is 2.37. The third-order valence-corrected chi connectivity index (χ3v) is 8.78. The molecule has 5 aromatic rings. The fourth-order valence-corrected chi connectivity index (χ4v) is 5.81. The number of nitrogens with one attached hydrogen (secondary N) is 3. The van der Waals surface area contributed by atoms with Gasteiger partial charge in [-0.1, -0.05) is 78.3 Å². The Morgan fingerprint density at radius 3 is 2.08 bits per heavy atom. The third-order valence-electron chi connectivity index (χ3n) is 7.11. The van der Waals surface area contributed by atoms with E-state index in [1.54, 1.807) is 72.8 Å². The van der Waals surface area contributed by atoms with Crippen LogP contribution in [-0.2, 0) is 9.59 Å². The number of nitro benzene ring substituents is 1. The van der Waals surface area contributed by atoms with Gasteiger partial charge in [-0.25, -0.2) is 0 Å². The molecular formula is C37H29ClN4O5S. The number of aryl methyl sites for hydroxylation is 1. The van der Waals surface area contributed by atoms with Gasteiger partial charge in [0.1, 0.15) is 10.9 Å². The van der Waals surface area contributed by atoms with Crippen molar-refractivity contribution in [3.63, 3.8) is 0 Å². The van der Waals surface area contributed by atoms with E-state index in [1.807, 2.05) is 43.3 Å². The van der Waals surface area contributed by atoms with Crippen LogP contribution in [0.4, 0.5) is 17.1 Å². The molecule has 0 radical (unpaired) electrons. The fraction of sp³-hybridized carbons (Fsp3) is 0.0541. The lowest BCUT2D eigenvalue weighted by atomic mass is 10.1. The molecule has 3 amide bonds. The summed E-state index contributed by atoms with van der Waals surface area (Å²) in [4.78, 5) is 51.8. The second kappa shape index (κ2) is 15.7. The number of benzene rings is 5. The maximum Gasteiger partial charge on any atom is 0.276 e. The molecule has 0 bridgehead atoms. The van der Waals surface area contributed by atoms with Crippen molar-refractivity contribution < 1.29 is 19.3 Å². The molecule has 11 heteroatoms. The molecule has 0 aromatic heterocycles. The normalized spacial score (nSPS) is 11.7. The van der Waals surface area contributed by atoms with E-state index in [2.05, 4.69) is 16.0 Å². The number of carbonyl (C=O) groups excluding carboxylic acids is 3. The lowest BCUT2D eigenvalue weighted by Gasteiger charge is -2.18. The van der Waals surface area contributed by atoms with Gasteiger partial charge in [-0.05, 0) is 78.7 Å². The molecular weight excluding hydrogens is 648 g/mol. The van der Waals surface area contributed by atoms with E-state index in [-0.39, 0.29) is 22.9 Å². The lowest BCUT2D eigenvalue weighted by molar-refractivity contribution is -0.385. The number of hydrogen-bond donors (Lipinski definition) is 3. The van der Waals surface area contributed by atoms with Crippen LogP contribution < -0.4 is 16.0 Å². The molecule has 0 saturated carbocycles. The number of nitro groups is 1. The summed E-state index contributed by atoms with van der Waals surface area (Å²) in [5.74, 6) is -1.47. The molecule has 0 aliphatic rings.